The monoisotopic (exact) mass is 244 g/mol. The molecule has 0 aromatic heterocycles. The molecule has 0 aliphatic carbocycles. The summed E-state index contributed by atoms with van der Waals surface area (Å²) in [6, 6.07) is 6.55. The van der Waals surface area contributed by atoms with Gasteiger partial charge in [0.2, 0.25) is 0 Å². The zero-order chi connectivity index (χ0) is 12.2. The molecule has 88 valence electrons. The number of benzene rings is 1. The summed E-state index contributed by atoms with van der Waals surface area (Å²) >= 11 is 0. The lowest BCUT2D eigenvalue weighted by Gasteiger charge is -2.11. The van der Waals surface area contributed by atoms with Crippen LogP contribution in [0, 0.1) is 0 Å². The Morgan fingerprint density at radius 3 is 2.31 bits per heavy atom. The molecule has 0 bridgehead atoms. The third kappa shape index (κ3) is 3.65. The first-order chi connectivity index (χ1) is 7.46. The molecule has 1 aromatic carbocycles. The van der Waals surface area contributed by atoms with Crippen LogP contribution < -0.4 is 4.74 Å². The third-order valence-electron chi connectivity index (χ3n) is 1.88. The summed E-state index contributed by atoms with van der Waals surface area (Å²) in [6.45, 7) is 3.43. The zero-order valence-corrected chi connectivity index (χ0v) is 9.48. The molecule has 1 N–H and O–H groups in total. The van der Waals surface area contributed by atoms with Crippen molar-refractivity contribution in [2.24, 2.45) is 0 Å². The predicted octanol–water partition coefficient (Wildman–Crippen LogP) is 1.74. The van der Waals surface area contributed by atoms with Crippen molar-refractivity contribution in [1.82, 2.24) is 0 Å². The SMILES string of the molecule is C=CC(OS(=O)(=O)O)c1ccc(OC)cc1. The second-order valence-electron chi connectivity index (χ2n) is 2.95. The number of rotatable bonds is 5. The van der Waals surface area contributed by atoms with Gasteiger partial charge in [0.1, 0.15) is 11.9 Å². The van der Waals surface area contributed by atoms with Gasteiger partial charge in [0.05, 0.1) is 7.11 Å². The number of methoxy groups -OCH3 is 1. The van der Waals surface area contributed by atoms with E-state index in [1.54, 1.807) is 24.3 Å². The van der Waals surface area contributed by atoms with E-state index < -0.39 is 16.5 Å². The lowest BCUT2D eigenvalue weighted by molar-refractivity contribution is 0.223. The number of hydrogen-bond acceptors (Lipinski definition) is 4. The minimum absolute atomic E-state index is 0.549. The van der Waals surface area contributed by atoms with Gasteiger partial charge in [-0.05, 0) is 17.7 Å². The molecule has 0 saturated carbocycles. The van der Waals surface area contributed by atoms with Crippen LogP contribution in [0.15, 0.2) is 36.9 Å². The van der Waals surface area contributed by atoms with Gasteiger partial charge >= 0.3 is 10.4 Å². The van der Waals surface area contributed by atoms with E-state index in [1.165, 1.54) is 13.2 Å². The summed E-state index contributed by atoms with van der Waals surface area (Å²) in [5.41, 5.74) is 0.549. The minimum Gasteiger partial charge on any atom is -0.497 e. The van der Waals surface area contributed by atoms with E-state index in [2.05, 4.69) is 10.8 Å². The van der Waals surface area contributed by atoms with Crippen LogP contribution in [-0.2, 0) is 14.6 Å². The van der Waals surface area contributed by atoms with Gasteiger partial charge in [-0.3, -0.25) is 4.55 Å². The Bertz CT molecular complexity index is 449. The van der Waals surface area contributed by atoms with Gasteiger partial charge in [-0.2, -0.15) is 8.42 Å². The standard InChI is InChI=1S/C10H12O5S/c1-3-10(15-16(11,12)13)8-4-6-9(14-2)7-5-8/h3-7,10H,1H2,2H3,(H,11,12,13). The van der Waals surface area contributed by atoms with Crippen LogP contribution in [0.2, 0.25) is 0 Å². The van der Waals surface area contributed by atoms with Gasteiger partial charge in [-0.1, -0.05) is 18.2 Å². The van der Waals surface area contributed by atoms with Crippen LogP contribution in [0.1, 0.15) is 11.7 Å². The second kappa shape index (κ2) is 5.11. The summed E-state index contributed by atoms with van der Waals surface area (Å²) in [5, 5.41) is 0. The molecule has 0 amide bonds. The lowest BCUT2D eigenvalue weighted by Crippen LogP contribution is -2.08. The summed E-state index contributed by atoms with van der Waals surface area (Å²) in [5.74, 6) is 0.637. The molecule has 0 spiro atoms. The highest BCUT2D eigenvalue weighted by molar-refractivity contribution is 7.80. The van der Waals surface area contributed by atoms with Gasteiger partial charge < -0.3 is 4.74 Å². The van der Waals surface area contributed by atoms with E-state index >= 15 is 0 Å². The van der Waals surface area contributed by atoms with Crippen LogP contribution >= 0.6 is 0 Å². The third-order valence-corrected chi connectivity index (χ3v) is 2.33. The maximum atomic E-state index is 10.6. The fraction of sp³-hybridized carbons (Fsp3) is 0.200. The van der Waals surface area contributed by atoms with Crippen LogP contribution in [-0.4, -0.2) is 20.1 Å². The Kier molecular flexibility index (Phi) is 4.05. The molecule has 5 nitrogen and oxygen atoms in total. The minimum atomic E-state index is -4.50. The first-order valence-corrected chi connectivity index (χ1v) is 5.75. The lowest BCUT2D eigenvalue weighted by atomic mass is 10.1. The van der Waals surface area contributed by atoms with Gasteiger partial charge in [0, 0.05) is 0 Å². The Morgan fingerprint density at radius 1 is 1.38 bits per heavy atom. The normalized spacial score (nSPS) is 13.1. The van der Waals surface area contributed by atoms with E-state index in [0.29, 0.717) is 11.3 Å². The highest BCUT2D eigenvalue weighted by atomic mass is 32.3. The topological polar surface area (TPSA) is 72.8 Å². The number of hydrogen-bond donors (Lipinski definition) is 1. The van der Waals surface area contributed by atoms with Crippen molar-refractivity contribution >= 4 is 10.4 Å². The summed E-state index contributed by atoms with van der Waals surface area (Å²) < 4.78 is 39.0. The first-order valence-electron chi connectivity index (χ1n) is 4.38. The Labute approximate surface area is 94.3 Å². The molecule has 1 unspecified atom stereocenters. The van der Waals surface area contributed by atoms with Crippen molar-refractivity contribution in [3.8, 4) is 5.75 Å². The molecule has 16 heavy (non-hydrogen) atoms. The highest BCUT2D eigenvalue weighted by Crippen LogP contribution is 2.22. The van der Waals surface area contributed by atoms with Crippen molar-refractivity contribution in [1.29, 1.82) is 0 Å². The molecule has 0 heterocycles. The van der Waals surface area contributed by atoms with E-state index in [1.807, 2.05) is 0 Å². The Hall–Kier alpha value is -1.37. The molecular formula is C10H12O5S. The number of ether oxygens (including phenoxy) is 1. The Balaban J connectivity index is 2.91. The van der Waals surface area contributed by atoms with Crippen molar-refractivity contribution < 1.29 is 21.9 Å². The summed E-state index contributed by atoms with van der Waals surface area (Å²) in [4.78, 5) is 0. The fourth-order valence-corrected chi connectivity index (χ4v) is 1.61. The maximum absolute atomic E-state index is 10.6. The molecular weight excluding hydrogens is 232 g/mol. The summed E-state index contributed by atoms with van der Waals surface area (Å²) in [7, 11) is -2.98. The van der Waals surface area contributed by atoms with Gasteiger partial charge in [0.25, 0.3) is 0 Å². The van der Waals surface area contributed by atoms with E-state index in [4.69, 9.17) is 9.29 Å². The van der Waals surface area contributed by atoms with E-state index in [-0.39, 0.29) is 0 Å². The van der Waals surface area contributed by atoms with Crippen molar-refractivity contribution in [3.63, 3.8) is 0 Å². The quantitative estimate of drug-likeness (QED) is 0.631. The van der Waals surface area contributed by atoms with E-state index in [9.17, 15) is 8.42 Å². The first kappa shape index (κ1) is 12.7. The van der Waals surface area contributed by atoms with Gasteiger partial charge in [-0.15, -0.1) is 6.58 Å². The average molecular weight is 244 g/mol. The smallest absolute Gasteiger partial charge is 0.398 e. The van der Waals surface area contributed by atoms with Crippen LogP contribution in [0.4, 0.5) is 0 Å². The van der Waals surface area contributed by atoms with Gasteiger partial charge in [-0.25, -0.2) is 4.18 Å². The van der Waals surface area contributed by atoms with Crippen molar-refractivity contribution in [3.05, 3.63) is 42.5 Å². The van der Waals surface area contributed by atoms with Crippen molar-refractivity contribution in [2.45, 2.75) is 6.10 Å². The largest absolute Gasteiger partial charge is 0.497 e. The highest BCUT2D eigenvalue weighted by Gasteiger charge is 2.15. The molecule has 6 heteroatoms. The molecule has 0 radical (unpaired) electrons. The molecule has 0 saturated heterocycles. The van der Waals surface area contributed by atoms with Crippen LogP contribution in [0.3, 0.4) is 0 Å². The zero-order valence-electron chi connectivity index (χ0n) is 8.66. The fourth-order valence-electron chi connectivity index (χ4n) is 1.16. The predicted molar refractivity (Wildman–Crippen MR) is 58.6 cm³/mol. The average Bonchev–Trinajstić information content (AvgIpc) is 2.25. The molecule has 1 atom stereocenters. The second-order valence-corrected chi connectivity index (χ2v) is 4.00. The molecule has 0 aliphatic rings. The summed E-state index contributed by atoms with van der Waals surface area (Å²) in [6.07, 6.45) is 0.358. The van der Waals surface area contributed by atoms with Crippen molar-refractivity contribution in [2.75, 3.05) is 7.11 Å². The molecule has 0 fully saturated rings. The van der Waals surface area contributed by atoms with Gasteiger partial charge in [0.15, 0.2) is 0 Å². The molecule has 1 rings (SSSR count). The van der Waals surface area contributed by atoms with Crippen LogP contribution in [0.25, 0.3) is 0 Å². The van der Waals surface area contributed by atoms with E-state index in [0.717, 1.165) is 0 Å². The maximum Gasteiger partial charge on any atom is 0.398 e. The van der Waals surface area contributed by atoms with Crippen LogP contribution in [0.5, 0.6) is 5.75 Å². The molecule has 0 aliphatic heterocycles. The Morgan fingerprint density at radius 2 is 1.94 bits per heavy atom. The molecule has 1 aromatic rings.